The van der Waals surface area contributed by atoms with Crippen LogP contribution in [0, 0.1) is 5.41 Å². The molecule has 3 rings (SSSR count). The number of carbonyl (C=O) groups excluding carboxylic acids is 2. The Labute approximate surface area is 194 Å². The summed E-state index contributed by atoms with van der Waals surface area (Å²) >= 11 is 0. The summed E-state index contributed by atoms with van der Waals surface area (Å²) < 4.78 is 0. The Hall–Kier alpha value is -3.64. The minimum atomic E-state index is -0.362. The molecule has 3 aromatic rings. The molecular formula is C25H27ClN4O2. The molecule has 7 heteroatoms. The maximum atomic E-state index is 12.7. The van der Waals surface area contributed by atoms with Crippen molar-refractivity contribution >= 4 is 41.4 Å². The molecule has 0 heterocycles. The first-order valence-electron chi connectivity index (χ1n) is 9.92. The van der Waals surface area contributed by atoms with Gasteiger partial charge in [-0.1, -0.05) is 57.2 Å². The molecule has 0 aliphatic heterocycles. The van der Waals surface area contributed by atoms with Gasteiger partial charge >= 0.3 is 0 Å². The molecular weight excluding hydrogens is 424 g/mol. The second kappa shape index (κ2) is 10.1. The average Bonchev–Trinajstić information content (AvgIpc) is 2.74. The number of hydrogen-bond acceptors (Lipinski definition) is 3. The molecule has 0 aliphatic rings. The molecule has 0 atom stereocenters. The number of carbonyl (C=O) groups is 2. The molecule has 166 valence electrons. The van der Waals surface area contributed by atoms with Crippen LogP contribution in [-0.4, -0.2) is 17.6 Å². The number of nitrogens with two attached hydrogens (primary N) is 1. The van der Waals surface area contributed by atoms with Gasteiger partial charge in [0.2, 0.25) is 0 Å². The topological polar surface area (TPSA) is 108 Å². The second-order valence-corrected chi connectivity index (χ2v) is 8.28. The van der Waals surface area contributed by atoms with E-state index in [0.717, 1.165) is 5.56 Å². The highest BCUT2D eigenvalue weighted by Crippen LogP contribution is 2.25. The fraction of sp³-hybridized carbons (Fsp3) is 0.160. The fourth-order valence-electron chi connectivity index (χ4n) is 3.04. The molecule has 0 saturated heterocycles. The number of hydrogen-bond donors (Lipinski definition) is 4. The summed E-state index contributed by atoms with van der Waals surface area (Å²) in [6.07, 6.45) is 0. The normalized spacial score (nSPS) is 10.6. The van der Waals surface area contributed by atoms with E-state index in [1.807, 2.05) is 12.1 Å². The summed E-state index contributed by atoms with van der Waals surface area (Å²) in [5.41, 5.74) is 8.98. The molecule has 0 spiro atoms. The van der Waals surface area contributed by atoms with Crippen molar-refractivity contribution < 1.29 is 9.59 Å². The van der Waals surface area contributed by atoms with Crippen LogP contribution < -0.4 is 16.4 Å². The molecule has 0 bridgehead atoms. The number of anilines is 2. The van der Waals surface area contributed by atoms with Gasteiger partial charge in [-0.3, -0.25) is 15.0 Å². The number of para-hydroxylation sites is 2. The third kappa shape index (κ3) is 5.95. The Balaban J connectivity index is 0.00000363. The van der Waals surface area contributed by atoms with Crippen LogP contribution in [0.3, 0.4) is 0 Å². The summed E-state index contributed by atoms with van der Waals surface area (Å²) in [5.74, 6) is -0.736. The van der Waals surface area contributed by atoms with Crippen LogP contribution in [0.5, 0.6) is 0 Å². The van der Waals surface area contributed by atoms with Crippen molar-refractivity contribution in [2.45, 2.75) is 26.2 Å². The Kier molecular flexibility index (Phi) is 7.78. The van der Waals surface area contributed by atoms with Crippen LogP contribution in [-0.2, 0) is 5.41 Å². The van der Waals surface area contributed by atoms with E-state index in [4.69, 9.17) is 11.1 Å². The first-order chi connectivity index (χ1) is 14.6. The maximum Gasteiger partial charge on any atom is 0.255 e. The number of amidine groups is 1. The predicted molar refractivity (Wildman–Crippen MR) is 132 cm³/mol. The van der Waals surface area contributed by atoms with E-state index < -0.39 is 0 Å². The van der Waals surface area contributed by atoms with E-state index in [0.29, 0.717) is 28.1 Å². The van der Waals surface area contributed by atoms with E-state index >= 15 is 0 Å². The first kappa shape index (κ1) is 24.6. The lowest BCUT2D eigenvalue weighted by atomic mass is 9.87. The summed E-state index contributed by atoms with van der Waals surface area (Å²) in [7, 11) is 0. The van der Waals surface area contributed by atoms with E-state index in [2.05, 4.69) is 31.4 Å². The van der Waals surface area contributed by atoms with Crippen molar-refractivity contribution in [3.63, 3.8) is 0 Å². The Morgan fingerprint density at radius 1 is 0.750 bits per heavy atom. The molecule has 3 aromatic carbocycles. The van der Waals surface area contributed by atoms with Crippen molar-refractivity contribution in [2.75, 3.05) is 10.6 Å². The quantitative estimate of drug-likeness (QED) is 0.317. The fourth-order valence-corrected chi connectivity index (χ4v) is 3.04. The largest absolute Gasteiger partial charge is 0.384 e. The Morgan fingerprint density at radius 2 is 1.25 bits per heavy atom. The number of nitrogens with one attached hydrogen (secondary N) is 3. The van der Waals surface area contributed by atoms with Gasteiger partial charge in [0.1, 0.15) is 5.84 Å². The Morgan fingerprint density at radius 3 is 1.75 bits per heavy atom. The molecule has 0 aliphatic carbocycles. The van der Waals surface area contributed by atoms with Gasteiger partial charge in [-0.2, -0.15) is 0 Å². The van der Waals surface area contributed by atoms with Gasteiger partial charge in [-0.05, 0) is 47.4 Å². The number of halogens is 1. The van der Waals surface area contributed by atoms with Crippen LogP contribution >= 0.6 is 12.4 Å². The van der Waals surface area contributed by atoms with Crippen molar-refractivity contribution in [3.05, 3.63) is 95.1 Å². The van der Waals surface area contributed by atoms with Gasteiger partial charge in [-0.25, -0.2) is 0 Å². The summed E-state index contributed by atoms with van der Waals surface area (Å²) in [4.78, 5) is 25.4. The lowest BCUT2D eigenvalue weighted by Crippen LogP contribution is -2.18. The zero-order valence-corrected chi connectivity index (χ0v) is 19.0. The van der Waals surface area contributed by atoms with Gasteiger partial charge in [0, 0.05) is 16.7 Å². The minimum Gasteiger partial charge on any atom is -0.384 e. The van der Waals surface area contributed by atoms with Crippen molar-refractivity contribution in [1.82, 2.24) is 0 Å². The maximum absolute atomic E-state index is 12.7. The van der Waals surface area contributed by atoms with Crippen molar-refractivity contribution in [1.29, 1.82) is 5.41 Å². The number of nitrogen functional groups attached to an aromatic ring is 1. The standard InChI is InChI=1S/C25H26N4O2.ClH/c1-25(2,3)19-13-11-16(12-14-19)23(30)28-20-9-4-5-10-21(20)29-24(31)18-8-6-7-17(15-18)22(26)27;/h4-15H,1-3H3,(H3,26,27)(H,28,30)(H,29,31);1H. The summed E-state index contributed by atoms with van der Waals surface area (Å²) in [6, 6.07) is 21.0. The van der Waals surface area contributed by atoms with E-state index in [9.17, 15) is 9.59 Å². The molecule has 0 unspecified atom stereocenters. The lowest BCUT2D eigenvalue weighted by Gasteiger charge is -2.19. The number of benzene rings is 3. The molecule has 2 amide bonds. The van der Waals surface area contributed by atoms with Crippen LogP contribution in [0.25, 0.3) is 0 Å². The molecule has 0 aromatic heterocycles. The van der Waals surface area contributed by atoms with Crippen LogP contribution in [0.1, 0.15) is 52.6 Å². The van der Waals surface area contributed by atoms with E-state index in [-0.39, 0.29) is 35.5 Å². The highest BCUT2D eigenvalue weighted by atomic mass is 35.5. The van der Waals surface area contributed by atoms with Gasteiger partial charge in [-0.15, -0.1) is 12.4 Å². The molecule has 0 radical (unpaired) electrons. The van der Waals surface area contributed by atoms with Crippen LogP contribution in [0.4, 0.5) is 11.4 Å². The Bertz CT molecular complexity index is 1140. The highest BCUT2D eigenvalue weighted by molar-refractivity contribution is 6.10. The van der Waals surface area contributed by atoms with Crippen LogP contribution in [0.15, 0.2) is 72.8 Å². The SMILES string of the molecule is CC(C)(C)c1ccc(C(=O)Nc2ccccc2NC(=O)c2cccc(C(=N)N)c2)cc1.Cl. The van der Waals surface area contributed by atoms with Crippen molar-refractivity contribution in [2.24, 2.45) is 5.73 Å². The molecule has 0 fully saturated rings. The van der Waals surface area contributed by atoms with E-state index in [1.165, 1.54) is 0 Å². The molecule has 6 nitrogen and oxygen atoms in total. The average molecular weight is 451 g/mol. The number of amides is 2. The van der Waals surface area contributed by atoms with Crippen molar-refractivity contribution in [3.8, 4) is 0 Å². The summed E-state index contributed by atoms with van der Waals surface area (Å²) in [6.45, 7) is 6.35. The monoisotopic (exact) mass is 450 g/mol. The summed E-state index contributed by atoms with van der Waals surface area (Å²) in [5, 5.41) is 13.2. The number of rotatable bonds is 5. The molecule has 32 heavy (non-hydrogen) atoms. The van der Waals surface area contributed by atoms with E-state index in [1.54, 1.807) is 60.7 Å². The third-order valence-electron chi connectivity index (χ3n) is 4.87. The van der Waals surface area contributed by atoms with Gasteiger partial charge in [0.05, 0.1) is 11.4 Å². The predicted octanol–water partition coefficient (Wildman–Crippen LogP) is 5.19. The first-order valence-corrected chi connectivity index (χ1v) is 9.92. The van der Waals surface area contributed by atoms with Gasteiger partial charge in [0.25, 0.3) is 11.8 Å². The zero-order valence-electron chi connectivity index (χ0n) is 18.2. The second-order valence-electron chi connectivity index (χ2n) is 8.28. The third-order valence-corrected chi connectivity index (χ3v) is 4.87. The minimum absolute atomic E-state index is 0. The van der Waals surface area contributed by atoms with Crippen LogP contribution in [0.2, 0.25) is 0 Å². The van der Waals surface area contributed by atoms with Gasteiger partial charge in [0.15, 0.2) is 0 Å². The molecule has 0 saturated carbocycles. The molecule has 5 N–H and O–H groups in total. The zero-order chi connectivity index (χ0) is 22.6. The lowest BCUT2D eigenvalue weighted by molar-refractivity contribution is 0.101. The van der Waals surface area contributed by atoms with Gasteiger partial charge < -0.3 is 16.4 Å². The smallest absolute Gasteiger partial charge is 0.255 e. The highest BCUT2D eigenvalue weighted by Gasteiger charge is 2.16.